The predicted octanol–water partition coefficient (Wildman–Crippen LogP) is 1.67. The van der Waals surface area contributed by atoms with Crippen LogP contribution in [0.25, 0.3) is 0 Å². The second kappa shape index (κ2) is 6.01. The smallest absolute Gasteiger partial charge is 0.0694 e. The lowest BCUT2D eigenvalue weighted by Crippen LogP contribution is -2.29. The molecule has 0 saturated carbocycles. The molecule has 1 N–H and O–H groups in total. The summed E-state index contributed by atoms with van der Waals surface area (Å²) >= 11 is 0. The van der Waals surface area contributed by atoms with Crippen LogP contribution in [0.15, 0.2) is 6.20 Å². The minimum atomic E-state index is 0.366. The van der Waals surface area contributed by atoms with Gasteiger partial charge in [0.25, 0.3) is 0 Å². The molecule has 0 bridgehead atoms. The Hall–Kier alpha value is -0.870. The molecular weight excluding hydrogens is 202 g/mol. The Balaban J connectivity index is 2.59. The maximum Gasteiger partial charge on any atom is 0.0694 e. The van der Waals surface area contributed by atoms with E-state index in [-0.39, 0.29) is 0 Å². The average Bonchev–Trinajstić information content (AvgIpc) is 2.57. The van der Waals surface area contributed by atoms with Gasteiger partial charge in [-0.3, -0.25) is 4.68 Å². The average molecular weight is 225 g/mol. The van der Waals surface area contributed by atoms with Crippen LogP contribution in [0.1, 0.15) is 37.9 Å². The molecule has 1 heterocycles. The van der Waals surface area contributed by atoms with E-state index in [0.29, 0.717) is 12.0 Å². The first-order valence-electron chi connectivity index (χ1n) is 5.79. The highest BCUT2D eigenvalue weighted by Crippen LogP contribution is 2.16. The summed E-state index contributed by atoms with van der Waals surface area (Å²) in [5, 5.41) is 7.91. The van der Waals surface area contributed by atoms with Crippen LogP contribution in [-0.4, -0.2) is 29.5 Å². The van der Waals surface area contributed by atoms with E-state index in [4.69, 9.17) is 4.74 Å². The molecule has 1 unspecified atom stereocenters. The summed E-state index contributed by atoms with van der Waals surface area (Å²) in [5.41, 5.74) is 2.46. The second-order valence-corrected chi connectivity index (χ2v) is 4.61. The number of nitrogens with zero attached hydrogens (tertiary/aromatic N) is 2. The molecule has 4 heteroatoms. The molecule has 0 aliphatic carbocycles. The summed E-state index contributed by atoms with van der Waals surface area (Å²) in [6.45, 7) is 8.05. The van der Waals surface area contributed by atoms with E-state index in [1.54, 1.807) is 7.11 Å². The van der Waals surface area contributed by atoms with E-state index >= 15 is 0 Å². The minimum Gasteiger partial charge on any atom is -0.383 e. The summed E-state index contributed by atoms with van der Waals surface area (Å²) in [6.07, 6.45) is 2.09. The summed E-state index contributed by atoms with van der Waals surface area (Å²) < 4.78 is 6.97. The molecule has 1 atom stereocenters. The minimum absolute atomic E-state index is 0.366. The van der Waals surface area contributed by atoms with Crippen molar-refractivity contribution in [2.75, 3.05) is 13.7 Å². The van der Waals surface area contributed by atoms with Gasteiger partial charge in [-0.2, -0.15) is 5.10 Å². The second-order valence-electron chi connectivity index (χ2n) is 4.61. The molecule has 0 radical (unpaired) electrons. The fourth-order valence-corrected chi connectivity index (χ4v) is 1.77. The van der Waals surface area contributed by atoms with Gasteiger partial charge in [0.2, 0.25) is 0 Å². The highest BCUT2D eigenvalue weighted by Gasteiger charge is 2.11. The van der Waals surface area contributed by atoms with Crippen LogP contribution in [0.2, 0.25) is 0 Å². The van der Waals surface area contributed by atoms with Gasteiger partial charge in [0.05, 0.1) is 12.3 Å². The van der Waals surface area contributed by atoms with Crippen molar-refractivity contribution in [1.82, 2.24) is 15.1 Å². The lowest BCUT2D eigenvalue weighted by molar-refractivity contribution is 0.171. The molecule has 0 fully saturated rings. The maximum atomic E-state index is 5.09. The van der Waals surface area contributed by atoms with Crippen molar-refractivity contribution in [2.24, 2.45) is 7.05 Å². The number of hydrogen-bond donors (Lipinski definition) is 1. The summed E-state index contributed by atoms with van der Waals surface area (Å²) in [5.74, 6) is 0.468. The third-order valence-corrected chi connectivity index (χ3v) is 2.54. The third-order valence-electron chi connectivity index (χ3n) is 2.54. The quantitative estimate of drug-likeness (QED) is 0.800. The number of aromatic nitrogens is 2. The van der Waals surface area contributed by atoms with E-state index in [1.807, 2.05) is 11.7 Å². The zero-order valence-electron chi connectivity index (χ0n) is 10.9. The number of nitrogens with one attached hydrogen (secondary N) is 1. The Morgan fingerprint density at radius 1 is 1.44 bits per heavy atom. The fraction of sp³-hybridized carbons (Fsp3) is 0.750. The Kier molecular flexibility index (Phi) is 4.96. The number of methoxy groups -OCH3 is 1. The number of aryl methyl sites for hydroxylation is 1. The van der Waals surface area contributed by atoms with Gasteiger partial charge in [0.1, 0.15) is 0 Å². The van der Waals surface area contributed by atoms with Gasteiger partial charge in [0, 0.05) is 38.5 Å². The van der Waals surface area contributed by atoms with Gasteiger partial charge in [-0.05, 0) is 12.8 Å². The molecule has 1 rings (SSSR count). The van der Waals surface area contributed by atoms with Gasteiger partial charge in [-0.1, -0.05) is 13.8 Å². The molecule has 92 valence electrons. The number of hydrogen-bond acceptors (Lipinski definition) is 3. The van der Waals surface area contributed by atoms with Crippen molar-refractivity contribution in [1.29, 1.82) is 0 Å². The Labute approximate surface area is 98.0 Å². The molecule has 0 amide bonds. The Bertz CT molecular complexity index is 320. The molecule has 0 spiro atoms. The highest BCUT2D eigenvalue weighted by atomic mass is 16.5. The molecule has 1 aromatic rings. The van der Waals surface area contributed by atoms with Crippen LogP contribution >= 0.6 is 0 Å². The van der Waals surface area contributed by atoms with Gasteiger partial charge in [0.15, 0.2) is 0 Å². The van der Waals surface area contributed by atoms with Gasteiger partial charge < -0.3 is 10.1 Å². The third kappa shape index (κ3) is 3.61. The normalized spacial score (nSPS) is 13.4. The molecular formula is C12H23N3O. The number of rotatable bonds is 6. The monoisotopic (exact) mass is 225 g/mol. The molecule has 16 heavy (non-hydrogen) atoms. The standard InChI is InChI=1S/C12H23N3O/c1-9(2)12-11(7-15(4)14-12)6-13-10(3)8-16-5/h7,9-10,13H,6,8H2,1-5H3. The molecule has 0 aliphatic rings. The molecule has 1 aromatic heterocycles. The first-order valence-corrected chi connectivity index (χ1v) is 5.79. The van der Waals surface area contributed by atoms with Crippen molar-refractivity contribution < 1.29 is 4.74 Å². The Morgan fingerprint density at radius 2 is 2.12 bits per heavy atom. The van der Waals surface area contributed by atoms with Crippen LogP contribution < -0.4 is 5.32 Å². The first kappa shape index (κ1) is 13.2. The summed E-state index contributed by atoms with van der Waals surface area (Å²) in [6, 6.07) is 0.366. The van der Waals surface area contributed by atoms with E-state index in [9.17, 15) is 0 Å². The first-order chi connectivity index (χ1) is 7.54. The van der Waals surface area contributed by atoms with E-state index in [0.717, 1.165) is 13.2 Å². The molecule has 0 saturated heterocycles. The highest BCUT2D eigenvalue weighted by molar-refractivity contribution is 5.20. The van der Waals surface area contributed by atoms with Crippen LogP contribution in [-0.2, 0) is 18.3 Å². The van der Waals surface area contributed by atoms with E-state index in [2.05, 4.69) is 37.4 Å². The summed E-state index contributed by atoms with van der Waals surface area (Å²) in [7, 11) is 3.69. The largest absolute Gasteiger partial charge is 0.383 e. The van der Waals surface area contributed by atoms with Crippen LogP contribution in [0.4, 0.5) is 0 Å². The lowest BCUT2D eigenvalue weighted by atomic mass is 10.1. The lowest BCUT2D eigenvalue weighted by Gasteiger charge is -2.13. The van der Waals surface area contributed by atoms with Gasteiger partial charge in [-0.25, -0.2) is 0 Å². The van der Waals surface area contributed by atoms with Crippen molar-refractivity contribution >= 4 is 0 Å². The van der Waals surface area contributed by atoms with E-state index < -0.39 is 0 Å². The van der Waals surface area contributed by atoms with Crippen molar-refractivity contribution in [3.8, 4) is 0 Å². The Morgan fingerprint density at radius 3 is 2.69 bits per heavy atom. The van der Waals surface area contributed by atoms with E-state index in [1.165, 1.54) is 11.3 Å². The van der Waals surface area contributed by atoms with Crippen LogP contribution in [0.5, 0.6) is 0 Å². The molecule has 0 aromatic carbocycles. The van der Waals surface area contributed by atoms with Crippen molar-refractivity contribution in [3.63, 3.8) is 0 Å². The number of ether oxygens (including phenoxy) is 1. The zero-order valence-corrected chi connectivity index (χ0v) is 10.9. The molecule has 4 nitrogen and oxygen atoms in total. The SMILES string of the molecule is COCC(C)NCc1cn(C)nc1C(C)C. The summed E-state index contributed by atoms with van der Waals surface area (Å²) in [4.78, 5) is 0. The predicted molar refractivity (Wildman–Crippen MR) is 65.5 cm³/mol. The van der Waals surface area contributed by atoms with Gasteiger partial charge >= 0.3 is 0 Å². The fourth-order valence-electron chi connectivity index (χ4n) is 1.77. The zero-order chi connectivity index (χ0) is 12.1. The maximum absolute atomic E-state index is 5.09. The van der Waals surface area contributed by atoms with Crippen LogP contribution in [0, 0.1) is 0 Å². The van der Waals surface area contributed by atoms with Gasteiger partial charge in [-0.15, -0.1) is 0 Å². The van der Waals surface area contributed by atoms with Crippen molar-refractivity contribution in [2.45, 2.75) is 39.3 Å². The van der Waals surface area contributed by atoms with Crippen LogP contribution in [0.3, 0.4) is 0 Å². The molecule has 0 aliphatic heterocycles. The van der Waals surface area contributed by atoms with Crippen molar-refractivity contribution in [3.05, 3.63) is 17.5 Å². The topological polar surface area (TPSA) is 39.1 Å².